The van der Waals surface area contributed by atoms with Crippen molar-refractivity contribution in [3.63, 3.8) is 0 Å². The van der Waals surface area contributed by atoms with Gasteiger partial charge in [0.25, 0.3) is 0 Å². The SMILES string of the molecule is C[Si](C)(C)C1(N)CCCCC1. The topological polar surface area (TPSA) is 26.0 Å². The molecule has 0 amide bonds. The first-order valence-electron chi connectivity index (χ1n) is 4.75. The first-order valence-corrected chi connectivity index (χ1v) is 8.25. The molecule has 2 N–H and O–H groups in total. The first kappa shape index (κ1) is 9.27. The molecule has 0 heterocycles. The van der Waals surface area contributed by atoms with Crippen LogP contribution in [0.4, 0.5) is 0 Å². The van der Waals surface area contributed by atoms with Gasteiger partial charge in [-0.05, 0) is 12.8 Å². The molecule has 1 aliphatic rings. The van der Waals surface area contributed by atoms with E-state index in [1.165, 1.54) is 32.1 Å². The highest BCUT2D eigenvalue weighted by Crippen LogP contribution is 2.33. The van der Waals surface area contributed by atoms with Gasteiger partial charge in [-0.1, -0.05) is 38.9 Å². The smallest absolute Gasteiger partial charge is 0.0671 e. The monoisotopic (exact) mass is 171 g/mol. The van der Waals surface area contributed by atoms with E-state index in [1.807, 2.05) is 0 Å². The van der Waals surface area contributed by atoms with Crippen molar-refractivity contribution in [1.82, 2.24) is 0 Å². The van der Waals surface area contributed by atoms with Crippen LogP contribution in [-0.4, -0.2) is 13.2 Å². The highest BCUT2D eigenvalue weighted by molar-refractivity contribution is 6.79. The molecule has 0 bridgehead atoms. The van der Waals surface area contributed by atoms with Gasteiger partial charge in [0.2, 0.25) is 0 Å². The highest BCUT2D eigenvalue weighted by atomic mass is 28.3. The molecule has 0 aromatic heterocycles. The summed E-state index contributed by atoms with van der Waals surface area (Å²) in [5.74, 6) is 0. The fraction of sp³-hybridized carbons (Fsp3) is 1.00. The lowest BCUT2D eigenvalue weighted by molar-refractivity contribution is 0.383. The Balaban J connectivity index is 2.64. The van der Waals surface area contributed by atoms with Crippen LogP contribution in [0.1, 0.15) is 32.1 Å². The molecule has 1 aliphatic carbocycles. The normalized spacial score (nSPS) is 25.1. The van der Waals surface area contributed by atoms with E-state index >= 15 is 0 Å². The molecule has 11 heavy (non-hydrogen) atoms. The minimum atomic E-state index is -1.10. The molecular weight excluding hydrogens is 150 g/mol. The number of nitrogens with two attached hydrogens (primary N) is 1. The number of rotatable bonds is 1. The van der Waals surface area contributed by atoms with Crippen LogP contribution in [0.5, 0.6) is 0 Å². The van der Waals surface area contributed by atoms with E-state index in [0.29, 0.717) is 0 Å². The molecule has 1 fully saturated rings. The van der Waals surface area contributed by atoms with Crippen molar-refractivity contribution in [2.24, 2.45) is 5.73 Å². The molecule has 0 aromatic rings. The van der Waals surface area contributed by atoms with Crippen molar-refractivity contribution in [1.29, 1.82) is 0 Å². The summed E-state index contributed by atoms with van der Waals surface area (Å²) >= 11 is 0. The Morgan fingerprint density at radius 1 is 1.00 bits per heavy atom. The lowest BCUT2D eigenvalue weighted by atomic mass is 9.95. The van der Waals surface area contributed by atoms with Gasteiger partial charge in [0.1, 0.15) is 0 Å². The summed E-state index contributed by atoms with van der Waals surface area (Å²) in [7, 11) is -1.10. The van der Waals surface area contributed by atoms with E-state index in [2.05, 4.69) is 19.6 Å². The summed E-state index contributed by atoms with van der Waals surface area (Å²) < 4.78 is 0. The molecule has 1 rings (SSSR count). The molecule has 66 valence electrons. The zero-order valence-corrected chi connectivity index (χ0v) is 9.11. The van der Waals surface area contributed by atoms with Crippen molar-refractivity contribution in [3.05, 3.63) is 0 Å². The Labute approximate surface area is 71.4 Å². The standard InChI is InChI=1S/C9H21NSi/c1-11(2,3)9(10)7-5-4-6-8-9/h4-8,10H2,1-3H3. The quantitative estimate of drug-likeness (QED) is 0.603. The summed E-state index contributed by atoms with van der Waals surface area (Å²) in [5.41, 5.74) is 6.40. The van der Waals surface area contributed by atoms with Gasteiger partial charge < -0.3 is 5.73 Å². The highest BCUT2D eigenvalue weighted by Gasteiger charge is 2.39. The van der Waals surface area contributed by atoms with Crippen LogP contribution in [-0.2, 0) is 0 Å². The van der Waals surface area contributed by atoms with Crippen molar-refractivity contribution in [2.45, 2.75) is 56.9 Å². The maximum Gasteiger partial charge on any atom is 0.0671 e. The van der Waals surface area contributed by atoms with Gasteiger partial charge in [-0.15, -0.1) is 0 Å². The second-order valence-corrected chi connectivity index (χ2v) is 10.5. The van der Waals surface area contributed by atoms with Crippen LogP contribution >= 0.6 is 0 Å². The summed E-state index contributed by atoms with van der Waals surface area (Å²) in [6, 6.07) is 0. The van der Waals surface area contributed by atoms with Crippen molar-refractivity contribution >= 4 is 8.07 Å². The Hall–Kier alpha value is 0.177. The van der Waals surface area contributed by atoms with Gasteiger partial charge in [0, 0.05) is 5.16 Å². The molecule has 1 nitrogen and oxygen atoms in total. The Bertz CT molecular complexity index is 131. The fourth-order valence-electron chi connectivity index (χ4n) is 1.93. The molecule has 0 aliphatic heterocycles. The maximum atomic E-state index is 6.40. The zero-order valence-electron chi connectivity index (χ0n) is 8.11. The van der Waals surface area contributed by atoms with Crippen molar-refractivity contribution < 1.29 is 0 Å². The second-order valence-electron chi connectivity index (χ2n) is 4.97. The average Bonchev–Trinajstić information content (AvgIpc) is 1.87. The van der Waals surface area contributed by atoms with E-state index in [1.54, 1.807) is 0 Å². The van der Waals surface area contributed by atoms with Gasteiger partial charge in [-0.25, -0.2) is 0 Å². The maximum absolute atomic E-state index is 6.40. The van der Waals surface area contributed by atoms with Gasteiger partial charge in [0.15, 0.2) is 0 Å². The summed E-state index contributed by atoms with van der Waals surface area (Å²) in [6.45, 7) is 7.20. The van der Waals surface area contributed by atoms with Crippen LogP contribution in [0.2, 0.25) is 19.6 Å². The molecular formula is C9H21NSi. The van der Waals surface area contributed by atoms with Crippen LogP contribution in [0.3, 0.4) is 0 Å². The summed E-state index contributed by atoms with van der Waals surface area (Å²) in [6.07, 6.45) is 6.69. The zero-order chi connectivity index (χ0) is 8.54. The van der Waals surface area contributed by atoms with E-state index in [4.69, 9.17) is 5.73 Å². The van der Waals surface area contributed by atoms with Crippen LogP contribution in [0, 0.1) is 0 Å². The van der Waals surface area contributed by atoms with Gasteiger partial charge in [-0.3, -0.25) is 0 Å². The van der Waals surface area contributed by atoms with Gasteiger partial charge >= 0.3 is 0 Å². The third-order valence-electron chi connectivity index (χ3n) is 3.24. The second kappa shape index (κ2) is 2.90. The predicted octanol–water partition coefficient (Wildman–Crippen LogP) is 2.53. The number of hydrogen-bond donors (Lipinski definition) is 1. The minimum absolute atomic E-state index is 0.255. The lowest BCUT2D eigenvalue weighted by Crippen LogP contribution is -2.60. The fourth-order valence-corrected chi connectivity index (χ4v) is 3.79. The molecule has 2 heteroatoms. The first-order chi connectivity index (χ1) is 4.96. The van der Waals surface area contributed by atoms with Gasteiger partial charge in [-0.2, -0.15) is 0 Å². The average molecular weight is 171 g/mol. The third kappa shape index (κ3) is 1.85. The van der Waals surface area contributed by atoms with Crippen LogP contribution < -0.4 is 5.73 Å². The molecule has 0 radical (unpaired) electrons. The Kier molecular flexibility index (Phi) is 2.45. The van der Waals surface area contributed by atoms with Crippen LogP contribution in [0.15, 0.2) is 0 Å². The number of hydrogen-bond acceptors (Lipinski definition) is 1. The Morgan fingerprint density at radius 3 is 1.73 bits per heavy atom. The predicted molar refractivity (Wildman–Crippen MR) is 53.3 cm³/mol. The lowest BCUT2D eigenvalue weighted by Gasteiger charge is -2.43. The molecule has 0 atom stereocenters. The molecule has 0 saturated heterocycles. The van der Waals surface area contributed by atoms with E-state index in [0.717, 1.165) is 0 Å². The molecule has 0 unspecified atom stereocenters. The van der Waals surface area contributed by atoms with Crippen LogP contribution in [0.25, 0.3) is 0 Å². The Morgan fingerprint density at radius 2 is 1.45 bits per heavy atom. The third-order valence-corrected chi connectivity index (χ3v) is 6.73. The molecule has 1 saturated carbocycles. The minimum Gasteiger partial charge on any atom is -0.328 e. The van der Waals surface area contributed by atoms with E-state index < -0.39 is 8.07 Å². The van der Waals surface area contributed by atoms with Crippen molar-refractivity contribution in [2.75, 3.05) is 0 Å². The van der Waals surface area contributed by atoms with E-state index in [-0.39, 0.29) is 5.16 Å². The van der Waals surface area contributed by atoms with Crippen molar-refractivity contribution in [3.8, 4) is 0 Å². The van der Waals surface area contributed by atoms with E-state index in [9.17, 15) is 0 Å². The summed E-state index contributed by atoms with van der Waals surface area (Å²) in [5, 5.41) is 0.255. The largest absolute Gasteiger partial charge is 0.328 e. The molecule has 0 spiro atoms. The van der Waals surface area contributed by atoms with Gasteiger partial charge in [0.05, 0.1) is 8.07 Å². The summed E-state index contributed by atoms with van der Waals surface area (Å²) in [4.78, 5) is 0. The molecule has 0 aromatic carbocycles.